The Hall–Kier alpha value is -6.37. The molecule has 1 N–H and O–H groups in total. The van der Waals surface area contributed by atoms with Crippen molar-refractivity contribution in [3.8, 4) is 34.3 Å². The van der Waals surface area contributed by atoms with Crippen LogP contribution in [0.25, 0.3) is 33.3 Å². The van der Waals surface area contributed by atoms with Crippen molar-refractivity contribution in [1.29, 1.82) is 5.26 Å². The van der Waals surface area contributed by atoms with Crippen LogP contribution < -0.4 is 15.0 Å². The number of rotatable bonds is 10. The Morgan fingerprint density at radius 1 is 0.926 bits per heavy atom. The molecule has 7 heterocycles. The van der Waals surface area contributed by atoms with Crippen molar-refractivity contribution in [2.75, 3.05) is 44.2 Å². The first-order valence-electron chi connectivity index (χ1n) is 23.9. The van der Waals surface area contributed by atoms with E-state index in [1.807, 2.05) is 30.5 Å². The zero-order valence-electron chi connectivity index (χ0n) is 39.7. The normalized spacial score (nSPS) is 20.7. The number of amides is 2. The number of aromatic nitrogens is 7. The average Bonchev–Trinajstić information content (AvgIpc) is 3.96. The average molecular weight is 936 g/mol. The number of hydrogen-bond acceptors (Lipinski definition) is 11. The van der Waals surface area contributed by atoms with Gasteiger partial charge in [0.2, 0.25) is 11.9 Å². The summed E-state index contributed by atoms with van der Waals surface area (Å²) in [6.45, 7) is 16.1. The molecule has 3 aliphatic heterocycles. The summed E-state index contributed by atoms with van der Waals surface area (Å²) in [5.41, 5.74) is 6.35. The lowest BCUT2D eigenvalue weighted by Gasteiger charge is -2.63. The summed E-state index contributed by atoms with van der Waals surface area (Å²) in [5, 5.41) is 24.8. The third kappa shape index (κ3) is 8.46. The summed E-state index contributed by atoms with van der Waals surface area (Å²) in [6, 6.07) is 15.8. The molecular formula is C52H59ClN12O3. The number of nitriles is 1. The Labute approximate surface area is 402 Å². The molecule has 4 aromatic heterocycles. The highest BCUT2D eigenvalue weighted by molar-refractivity contribution is 6.31. The molecule has 1 saturated carbocycles. The van der Waals surface area contributed by atoms with Gasteiger partial charge in [-0.1, -0.05) is 57.5 Å². The molecule has 352 valence electrons. The number of aryl methyl sites for hydroxylation is 1. The molecule has 0 atom stereocenters. The van der Waals surface area contributed by atoms with Gasteiger partial charge in [0.05, 0.1) is 39.8 Å². The fourth-order valence-electron chi connectivity index (χ4n) is 11.8. The number of hydrogen-bond donors (Lipinski definition) is 1. The van der Waals surface area contributed by atoms with Gasteiger partial charge in [0.25, 0.3) is 5.91 Å². The summed E-state index contributed by atoms with van der Waals surface area (Å²) in [6.07, 6.45) is 13.8. The Kier molecular flexibility index (Phi) is 12.0. The van der Waals surface area contributed by atoms with Crippen molar-refractivity contribution in [2.45, 2.75) is 91.5 Å². The predicted octanol–water partition coefficient (Wildman–Crippen LogP) is 7.88. The van der Waals surface area contributed by atoms with Gasteiger partial charge in [-0.05, 0) is 55.2 Å². The van der Waals surface area contributed by atoms with Crippen LogP contribution in [0.4, 0.5) is 5.95 Å². The number of likely N-dealkylation sites (tertiary alicyclic amines) is 1. The number of carbonyl (C=O) groups excluding carboxylic acids is 2. The Balaban J connectivity index is 0.737. The van der Waals surface area contributed by atoms with Crippen LogP contribution in [0.5, 0.6) is 5.75 Å². The van der Waals surface area contributed by atoms with E-state index < -0.39 is 0 Å². The van der Waals surface area contributed by atoms with E-state index in [4.69, 9.17) is 26.4 Å². The van der Waals surface area contributed by atoms with E-state index in [1.165, 1.54) is 5.69 Å². The van der Waals surface area contributed by atoms with E-state index in [-0.39, 0.29) is 34.8 Å². The predicted molar refractivity (Wildman–Crippen MR) is 261 cm³/mol. The smallest absolute Gasteiger partial charge is 0.254 e. The van der Waals surface area contributed by atoms with E-state index >= 15 is 0 Å². The topological polar surface area (TPSA) is 163 Å². The lowest BCUT2D eigenvalue weighted by Crippen LogP contribution is -2.74. The number of ether oxygens (including phenoxy) is 1. The van der Waals surface area contributed by atoms with Crippen LogP contribution >= 0.6 is 11.6 Å². The molecule has 0 radical (unpaired) electrons. The van der Waals surface area contributed by atoms with Crippen LogP contribution in [0, 0.1) is 28.1 Å². The quantitative estimate of drug-likeness (QED) is 0.142. The molecule has 10 rings (SSSR count). The van der Waals surface area contributed by atoms with Gasteiger partial charge in [-0.25, -0.2) is 9.97 Å². The second-order valence-electron chi connectivity index (χ2n) is 20.4. The molecule has 2 saturated heterocycles. The molecule has 6 aromatic rings. The fraction of sp³-hybridized carbons (Fsp3) is 0.462. The Morgan fingerprint density at radius 3 is 2.35 bits per heavy atom. The summed E-state index contributed by atoms with van der Waals surface area (Å²) >= 11 is 6.28. The number of halogens is 1. The van der Waals surface area contributed by atoms with Crippen molar-refractivity contribution in [3.63, 3.8) is 0 Å². The third-order valence-corrected chi connectivity index (χ3v) is 15.5. The van der Waals surface area contributed by atoms with Crippen molar-refractivity contribution >= 4 is 40.1 Å². The number of fused-ring (bicyclic) bond motifs is 2. The van der Waals surface area contributed by atoms with Gasteiger partial charge >= 0.3 is 0 Å². The van der Waals surface area contributed by atoms with Crippen LogP contribution in [-0.2, 0) is 24.8 Å². The number of pyridine rings is 1. The molecular weight excluding hydrogens is 876 g/mol. The van der Waals surface area contributed by atoms with Crippen molar-refractivity contribution in [3.05, 3.63) is 101 Å². The maximum Gasteiger partial charge on any atom is 0.254 e. The van der Waals surface area contributed by atoms with Crippen LogP contribution in [0.2, 0.25) is 5.02 Å². The molecule has 0 spiro atoms. The highest BCUT2D eigenvalue weighted by Crippen LogP contribution is 2.55. The standard InChI is InChI=1S/C52H59ClN12O3/c1-32(66)64-21-16-45-42(31-64)46(40-9-7-8-34-22-44(55-28-41(34)40)37-27-58-61(6)30-37)60-65(45)38-14-17-62(18-15-38)29-33-12-19-63(20-13-33)50-56-25-36(26-57-50)47(67)59-48-51(2,3)49(52(48,4)5)68-39-11-10-35(24-54)43(53)23-39/h7-11,22-23,25-28,30,33,38,48-49H,12-21,29,31H2,1-6H3,(H,59,67). The van der Waals surface area contributed by atoms with Gasteiger partial charge < -0.3 is 24.8 Å². The zero-order valence-corrected chi connectivity index (χ0v) is 40.5. The van der Waals surface area contributed by atoms with E-state index in [0.29, 0.717) is 52.9 Å². The minimum Gasteiger partial charge on any atom is -0.489 e. The lowest BCUT2D eigenvalue weighted by molar-refractivity contribution is -0.164. The summed E-state index contributed by atoms with van der Waals surface area (Å²) in [4.78, 5) is 47.2. The molecule has 0 unspecified atom stereocenters. The maximum atomic E-state index is 13.6. The minimum atomic E-state index is -0.380. The van der Waals surface area contributed by atoms with Gasteiger partial charge in [-0.15, -0.1) is 0 Å². The van der Waals surface area contributed by atoms with E-state index in [0.717, 1.165) is 104 Å². The highest BCUT2D eigenvalue weighted by atomic mass is 35.5. The molecule has 0 bridgehead atoms. The molecule has 68 heavy (non-hydrogen) atoms. The van der Waals surface area contributed by atoms with Gasteiger partial charge in [-0.3, -0.25) is 23.9 Å². The maximum absolute atomic E-state index is 13.6. The van der Waals surface area contributed by atoms with Gasteiger partial charge in [0.1, 0.15) is 17.9 Å². The van der Waals surface area contributed by atoms with Crippen LogP contribution in [0.1, 0.15) is 93.5 Å². The zero-order chi connectivity index (χ0) is 47.5. The van der Waals surface area contributed by atoms with Gasteiger partial charge in [0.15, 0.2) is 0 Å². The molecule has 3 fully saturated rings. The third-order valence-electron chi connectivity index (χ3n) is 15.2. The summed E-state index contributed by atoms with van der Waals surface area (Å²) in [5.74, 6) is 1.71. The van der Waals surface area contributed by atoms with Crippen molar-refractivity contribution < 1.29 is 14.3 Å². The SMILES string of the molecule is CC(=O)N1CCc2c(c(-c3cccc4cc(-c5cnn(C)c5)ncc34)nn2C2CCN(CC3CCN(c4ncc(C(=O)NC5C(C)(C)C(Oc6ccc(C#N)c(Cl)c6)C5(C)C)cn4)CC3)CC2)C1. The second kappa shape index (κ2) is 17.9. The lowest BCUT2D eigenvalue weighted by atomic mass is 9.49. The molecule has 2 amide bonds. The van der Waals surface area contributed by atoms with E-state index in [1.54, 1.807) is 42.2 Å². The molecule has 1 aliphatic carbocycles. The van der Waals surface area contributed by atoms with Crippen LogP contribution in [-0.4, -0.2) is 108 Å². The monoisotopic (exact) mass is 934 g/mol. The first-order chi connectivity index (χ1) is 32.7. The van der Waals surface area contributed by atoms with E-state index in [9.17, 15) is 14.9 Å². The molecule has 4 aliphatic rings. The fourth-order valence-corrected chi connectivity index (χ4v) is 12.0. The molecule has 15 nitrogen and oxygen atoms in total. The first kappa shape index (κ1) is 45.4. The number of piperidine rings is 2. The second-order valence-corrected chi connectivity index (χ2v) is 20.8. The van der Waals surface area contributed by atoms with Gasteiger partial charge in [0, 0.05) is 142 Å². The number of anilines is 1. The number of nitrogens with one attached hydrogen (secondary N) is 1. The Bertz CT molecular complexity index is 2900. The Morgan fingerprint density at radius 2 is 1.68 bits per heavy atom. The first-order valence-corrected chi connectivity index (χ1v) is 24.3. The highest BCUT2D eigenvalue weighted by Gasteiger charge is 2.64. The number of carbonyl (C=O) groups is 2. The molecule has 2 aromatic carbocycles. The summed E-state index contributed by atoms with van der Waals surface area (Å²) < 4.78 is 10.5. The van der Waals surface area contributed by atoms with Crippen molar-refractivity contribution in [1.82, 2.24) is 49.6 Å². The van der Waals surface area contributed by atoms with Crippen LogP contribution in [0.15, 0.2) is 73.4 Å². The van der Waals surface area contributed by atoms with E-state index in [2.05, 4.69) is 92.9 Å². The largest absolute Gasteiger partial charge is 0.489 e. The number of benzene rings is 2. The molecule has 16 heteroatoms. The van der Waals surface area contributed by atoms with Crippen molar-refractivity contribution in [2.24, 2.45) is 23.8 Å². The number of nitrogens with zero attached hydrogens (tertiary/aromatic N) is 11. The van der Waals surface area contributed by atoms with Crippen LogP contribution in [0.3, 0.4) is 0 Å². The van der Waals surface area contributed by atoms with Gasteiger partial charge in [-0.2, -0.15) is 15.5 Å². The minimum absolute atomic E-state index is 0.0910. The summed E-state index contributed by atoms with van der Waals surface area (Å²) in [7, 11) is 1.91.